The van der Waals surface area contributed by atoms with E-state index in [1.807, 2.05) is 19.9 Å². The first kappa shape index (κ1) is 15.9. The average molecular weight is 370 g/mol. The molecule has 0 radical (unpaired) electrons. The molecule has 0 aromatic heterocycles. The van der Waals surface area contributed by atoms with E-state index in [0.717, 1.165) is 15.6 Å². The number of hydrogen-bond acceptors (Lipinski definition) is 3. The summed E-state index contributed by atoms with van der Waals surface area (Å²) in [6.07, 6.45) is 0. The number of nitrogens with one attached hydrogen (secondary N) is 1. The Hall–Kier alpha value is -1.53. The van der Waals surface area contributed by atoms with Crippen LogP contribution in [0, 0.1) is 13.8 Å². The molecular formula is C15H16BrNO3S. The van der Waals surface area contributed by atoms with Crippen molar-refractivity contribution in [3.8, 4) is 5.75 Å². The van der Waals surface area contributed by atoms with Crippen LogP contribution in [0.25, 0.3) is 0 Å². The minimum absolute atomic E-state index is 0.210. The van der Waals surface area contributed by atoms with E-state index in [1.165, 1.54) is 6.07 Å². The predicted octanol–water partition coefficient (Wildman–Crippen LogP) is 3.88. The van der Waals surface area contributed by atoms with E-state index in [0.29, 0.717) is 11.4 Å². The largest absolute Gasteiger partial charge is 0.496 e. The topological polar surface area (TPSA) is 55.4 Å². The quantitative estimate of drug-likeness (QED) is 0.889. The Morgan fingerprint density at radius 3 is 2.33 bits per heavy atom. The Bertz CT molecular complexity index is 772. The van der Waals surface area contributed by atoms with Crippen LogP contribution in [0.5, 0.6) is 5.75 Å². The van der Waals surface area contributed by atoms with Crippen molar-refractivity contribution in [3.05, 3.63) is 52.0 Å². The van der Waals surface area contributed by atoms with Crippen LogP contribution in [0.15, 0.2) is 45.8 Å². The lowest BCUT2D eigenvalue weighted by atomic mass is 10.2. The smallest absolute Gasteiger partial charge is 0.261 e. The first-order chi connectivity index (χ1) is 9.83. The number of anilines is 1. The number of rotatable bonds is 4. The van der Waals surface area contributed by atoms with Crippen molar-refractivity contribution < 1.29 is 13.2 Å². The number of ether oxygens (including phenoxy) is 1. The highest BCUT2D eigenvalue weighted by Crippen LogP contribution is 2.25. The molecule has 0 fully saturated rings. The molecule has 0 atom stereocenters. The Labute approximate surface area is 133 Å². The molecule has 2 aromatic carbocycles. The molecule has 2 aromatic rings. The molecular weight excluding hydrogens is 354 g/mol. The highest BCUT2D eigenvalue weighted by Gasteiger charge is 2.15. The molecule has 0 aliphatic rings. The van der Waals surface area contributed by atoms with E-state index < -0.39 is 10.0 Å². The normalized spacial score (nSPS) is 11.2. The third-order valence-electron chi connectivity index (χ3n) is 3.09. The molecule has 0 unspecified atom stereocenters. The third kappa shape index (κ3) is 3.57. The Morgan fingerprint density at radius 2 is 1.76 bits per heavy atom. The van der Waals surface area contributed by atoms with Gasteiger partial charge in [0.25, 0.3) is 10.0 Å². The Balaban J connectivity index is 2.33. The lowest BCUT2D eigenvalue weighted by molar-refractivity contribution is 0.411. The van der Waals surface area contributed by atoms with Crippen molar-refractivity contribution in [2.75, 3.05) is 11.8 Å². The van der Waals surface area contributed by atoms with Gasteiger partial charge in [0, 0.05) is 10.2 Å². The highest BCUT2D eigenvalue weighted by molar-refractivity contribution is 9.10. The number of methoxy groups -OCH3 is 1. The van der Waals surface area contributed by atoms with Crippen LogP contribution in [0.1, 0.15) is 11.1 Å². The summed E-state index contributed by atoms with van der Waals surface area (Å²) >= 11 is 3.39. The predicted molar refractivity (Wildman–Crippen MR) is 87.4 cm³/mol. The summed E-state index contributed by atoms with van der Waals surface area (Å²) in [5.41, 5.74) is 2.26. The van der Waals surface area contributed by atoms with E-state index in [-0.39, 0.29) is 4.90 Å². The minimum atomic E-state index is -3.61. The lowest BCUT2D eigenvalue weighted by Gasteiger charge is -2.11. The maximum atomic E-state index is 12.4. The zero-order valence-corrected chi connectivity index (χ0v) is 14.4. The van der Waals surface area contributed by atoms with Crippen LogP contribution in [0.3, 0.4) is 0 Å². The third-order valence-corrected chi connectivity index (χ3v) is 5.36. The fraction of sp³-hybridized carbons (Fsp3) is 0.200. The Morgan fingerprint density at radius 1 is 1.05 bits per heavy atom. The molecule has 0 aliphatic heterocycles. The van der Waals surface area contributed by atoms with Crippen molar-refractivity contribution in [1.29, 1.82) is 0 Å². The summed E-state index contributed by atoms with van der Waals surface area (Å²) in [6, 6.07) is 10.1. The molecule has 0 bridgehead atoms. The van der Waals surface area contributed by atoms with Gasteiger partial charge in [0.2, 0.25) is 0 Å². The average Bonchev–Trinajstić information content (AvgIpc) is 2.42. The van der Waals surface area contributed by atoms with Gasteiger partial charge in [-0.1, -0.05) is 15.9 Å². The standard InChI is InChI=1S/C15H16BrNO3S/c1-10-8-12(4-6-14(10)16)17-21(18,19)13-5-7-15(20-3)11(2)9-13/h4-9,17H,1-3H3. The fourth-order valence-corrected chi connectivity index (χ4v) is 3.32. The number of sulfonamides is 1. The van der Waals surface area contributed by atoms with Crippen molar-refractivity contribution in [1.82, 2.24) is 0 Å². The fourth-order valence-electron chi connectivity index (χ4n) is 1.94. The summed E-state index contributed by atoms with van der Waals surface area (Å²) in [6.45, 7) is 3.71. The number of hydrogen-bond donors (Lipinski definition) is 1. The van der Waals surface area contributed by atoms with E-state index in [1.54, 1.807) is 31.4 Å². The summed E-state index contributed by atoms with van der Waals surface area (Å²) < 4.78 is 33.4. The molecule has 2 rings (SSSR count). The molecule has 1 N–H and O–H groups in total. The number of halogens is 1. The lowest BCUT2D eigenvalue weighted by Crippen LogP contribution is -2.13. The summed E-state index contributed by atoms with van der Waals surface area (Å²) in [5.74, 6) is 0.661. The molecule has 4 nitrogen and oxygen atoms in total. The van der Waals surface area contributed by atoms with Gasteiger partial charge in [-0.3, -0.25) is 4.72 Å². The van der Waals surface area contributed by atoms with Crippen LogP contribution in [-0.2, 0) is 10.0 Å². The second kappa shape index (κ2) is 6.07. The van der Waals surface area contributed by atoms with Gasteiger partial charge in [-0.05, 0) is 61.4 Å². The first-order valence-corrected chi connectivity index (χ1v) is 8.55. The zero-order valence-electron chi connectivity index (χ0n) is 12.0. The van der Waals surface area contributed by atoms with Gasteiger partial charge in [0.1, 0.15) is 5.75 Å². The van der Waals surface area contributed by atoms with E-state index >= 15 is 0 Å². The van der Waals surface area contributed by atoms with E-state index in [9.17, 15) is 8.42 Å². The van der Waals surface area contributed by atoms with Gasteiger partial charge in [-0.2, -0.15) is 0 Å². The molecule has 0 heterocycles. The van der Waals surface area contributed by atoms with Crippen LogP contribution in [0.4, 0.5) is 5.69 Å². The van der Waals surface area contributed by atoms with Gasteiger partial charge in [0.15, 0.2) is 0 Å². The first-order valence-electron chi connectivity index (χ1n) is 6.27. The van der Waals surface area contributed by atoms with E-state index in [4.69, 9.17) is 4.74 Å². The second-order valence-electron chi connectivity index (χ2n) is 4.70. The highest BCUT2D eigenvalue weighted by atomic mass is 79.9. The summed E-state index contributed by atoms with van der Waals surface area (Å²) in [5, 5.41) is 0. The SMILES string of the molecule is COc1ccc(S(=O)(=O)Nc2ccc(Br)c(C)c2)cc1C. The van der Waals surface area contributed by atoms with Gasteiger partial charge >= 0.3 is 0 Å². The van der Waals surface area contributed by atoms with Gasteiger partial charge < -0.3 is 4.74 Å². The maximum Gasteiger partial charge on any atom is 0.261 e. The van der Waals surface area contributed by atoms with Gasteiger partial charge in [-0.25, -0.2) is 8.42 Å². The van der Waals surface area contributed by atoms with Crippen LogP contribution in [0.2, 0.25) is 0 Å². The molecule has 0 spiro atoms. The maximum absolute atomic E-state index is 12.4. The van der Waals surface area contributed by atoms with Crippen LogP contribution < -0.4 is 9.46 Å². The number of benzene rings is 2. The van der Waals surface area contributed by atoms with Crippen LogP contribution in [-0.4, -0.2) is 15.5 Å². The summed E-state index contributed by atoms with van der Waals surface area (Å²) in [4.78, 5) is 0.210. The minimum Gasteiger partial charge on any atom is -0.496 e. The zero-order chi connectivity index (χ0) is 15.6. The molecule has 112 valence electrons. The van der Waals surface area contributed by atoms with Crippen molar-refractivity contribution in [3.63, 3.8) is 0 Å². The Kier molecular flexibility index (Phi) is 4.58. The van der Waals surface area contributed by atoms with E-state index in [2.05, 4.69) is 20.7 Å². The van der Waals surface area contributed by atoms with Crippen LogP contribution >= 0.6 is 15.9 Å². The van der Waals surface area contributed by atoms with Gasteiger partial charge in [0.05, 0.1) is 12.0 Å². The summed E-state index contributed by atoms with van der Waals surface area (Å²) in [7, 11) is -2.06. The van der Waals surface area contributed by atoms with Crippen molar-refractivity contribution in [2.24, 2.45) is 0 Å². The van der Waals surface area contributed by atoms with Crippen molar-refractivity contribution >= 4 is 31.6 Å². The van der Waals surface area contributed by atoms with Gasteiger partial charge in [-0.15, -0.1) is 0 Å². The van der Waals surface area contributed by atoms with Crippen molar-refractivity contribution in [2.45, 2.75) is 18.7 Å². The molecule has 6 heteroatoms. The number of aryl methyl sites for hydroxylation is 2. The molecule has 0 saturated heterocycles. The second-order valence-corrected chi connectivity index (χ2v) is 7.24. The molecule has 0 saturated carbocycles. The molecule has 0 aliphatic carbocycles. The molecule has 21 heavy (non-hydrogen) atoms. The molecule has 0 amide bonds. The monoisotopic (exact) mass is 369 g/mol.